The molecule has 8 heavy (non-hydrogen) atoms. The van der Waals surface area contributed by atoms with Gasteiger partial charge in [0.25, 0.3) is 0 Å². The van der Waals surface area contributed by atoms with Crippen molar-refractivity contribution in [1.29, 1.82) is 0 Å². The van der Waals surface area contributed by atoms with Crippen LogP contribution in [0.15, 0.2) is 0 Å². The summed E-state index contributed by atoms with van der Waals surface area (Å²) in [4.78, 5) is 0. The van der Waals surface area contributed by atoms with Gasteiger partial charge < -0.3 is 43.3 Å². The predicted octanol–water partition coefficient (Wildman–Crippen LogP) is 3.60. The molecule has 1 nitrogen and oxygen atoms in total. The maximum Gasteiger partial charge on any atom is 6.00 e. The molecule has 0 radical (unpaired) electrons. The second-order valence-corrected chi connectivity index (χ2v) is 0. The molecule has 2 N–H and O–H groups in total. The van der Waals surface area contributed by atoms with Crippen LogP contribution in [0.5, 0.6) is 0 Å². The van der Waals surface area contributed by atoms with Gasteiger partial charge in [0, 0.05) is 0 Å². The van der Waals surface area contributed by atoms with Crippen LogP contribution in [0.3, 0.4) is 0 Å². The molecule has 0 bridgehead atoms. The van der Waals surface area contributed by atoms with Gasteiger partial charge in [-0.3, -0.25) is 0 Å². The van der Waals surface area contributed by atoms with Crippen LogP contribution < -0.4 is 0 Å². The molecular weight excluding hydrogens is 187 g/mol. The van der Waals surface area contributed by atoms with Gasteiger partial charge >= 0.3 is 19.5 Å². The van der Waals surface area contributed by atoms with Crippen LogP contribution in [0, 0.1) is 37.1 Å². The Kier molecular flexibility index (Phi) is 175000. The monoisotopic (exact) mass is 209 g/mol. The molecule has 0 saturated carbocycles. The molecule has 0 aliphatic rings. The quantitative estimate of drug-likeness (QED) is 0.430. The van der Waals surface area contributed by atoms with Gasteiger partial charge in [0.05, 0.1) is 0 Å². The van der Waals surface area contributed by atoms with Gasteiger partial charge in [-0.1, -0.05) is 7.43 Å². The second kappa shape index (κ2) is 966. The minimum Gasteiger partial charge on any atom is -0.693 e. The van der Waals surface area contributed by atoms with Crippen molar-refractivity contribution < 1.29 is 19.5 Å². The van der Waals surface area contributed by atoms with Crippen LogP contribution >= 0.6 is 0 Å². The third-order valence-corrected chi connectivity index (χ3v) is 0. The van der Waals surface area contributed by atoms with Gasteiger partial charge in [0.15, 0.2) is 0 Å². The molecule has 0 fully saturated rings. The van der Waals surface area contributed by atoms with E-state index in [4.69, 9.17) is 0 Å². The Morgan fingerprint density at radius 3 is 0.500 bits per heavy atom. The first kappa shape index (κ1) is 1450. The van der Waals surface area contributed by atoms with Gasteiger partial charge in [-0.05, 0) is 0 Å². The fourth-order valence-corrected chi connectivity index (χ4v) is 0. The topological polar surface area (TPSA) is 33.5 Å². The molecule has 0 amide bonds. The average molecular weight is 208 g/mol. The Morgan fingerprint density at radius 1 is 0.500 bits per heavy atom. The molecule has 0 spiro atoms. The maximum atomic E-state index is 0. The third kappa shape index (κ3) is 603. The molecule has 0 aliphatic heterocycles. The molecule has 0 aliphatic carbocycles. The van der Waals surface area contributed by atoms with Crippen LogP contribution in [0.1, 0.15) is 7.43 Å². The maximum absolute atomic E-state index is 0. The van der Waals surface area contributed by atoms with E-state index in [0.717, 1.165) is 0 Å². The predicted molar refractivity (Wildman–Crippen MR) is 44.1 cm³/mol. The minimum atomic E-state index is 0. The van der Waals surface area contributed by atoms with Crippen molar-refractivity contribution in [3.05, 3.63) is 43.3 Å². The first-order chi connectivity index (χ1) is 0. The van der Waals surface area contributed by atoms with Crippen molar-refractivity contribution in [2.24, 2.45) is 0 Å². The van der Waals surface area contributed by atoms with E-state index in [2.05, 4.69) is 0 Å². The van der Waals surface area contributed by atoms with Crippen LogP contribution in [0.4, 0.5) is 0 Å². The van der Waals surface area contributed by atoms with Crippen LogP contribution in [0.25, 0.3) is 6.15 Å². The summed E-state index contributed by atoms with van der Waals surface area (Å²) in [6.07, 6.45) is 0. The summed E-state index contributed by atoms with van der Waals surface area (Å²) in [5, 5.41) is 0. The molecule has 0 aromatic rings. The van der Waals surface area contributed by atoms with Gasteiger partial charge in [0.2, 0.25) is 0 Å². The van der Waals surface area contributed by atoms with Crippen molar-refractivity contribution in [3.8, 4) is 0 Å². The molecule has 0 aromatic carbocycles. The Hall–Kier alpha value is 0.583. The van der Waals surface area contributed by atoms with Gasteiger partial charge in [-0.2, -0.15) is 0 Å². The summed E-state index contributed by atoms with van der Waals surface area (Å²) in [5.74, 6) is 0. The van der Waals surface area contributed by atoms with Crippen LogP contribution in [0.2, 0.25) is 0 Å². The smallest absolute Gasteiger partial charge is 0.693 e. The molecule has 58 valence electrons. The van der Waals surface area contributed by atoms with Crippen molar-refractivity contribution in [3.63, 3.8) is 0 Å². The first-order valence-electron chi connectivity index (χ1n) is 0. The Balaban J connectivity index is 0. The molecule has 0 rings (SSSR count). The van der Waals surface area contributed by atoms with E-state index in [9.17, 15) is 0 Å². The van der Waals surface area contributed by atoms with E-state index in [1.54, 1.807) is 0 Å². The normalized spacial score (nSPS) is 0. The molecular formula is C6H21NRu. The fraction of sp³-hybridized carbons (Fsp3) is 0.167. The Labute approximate surface area is 70.6 Å². The number of hydrogen-bond acceptors (Lipinski definition) is 0. The van der Waals surface area contributed by atoms with E-state index >= 15 is 0 Å². The van der Waals surface area contributed by atoms with E-state index < -0.39 is 0 Å². The molecule has 0 saturated heterocycles. The van der Waals surface area contributed by atoms with Gasteiger partial charge in [-0.15, -0.1) is 0 Å². The Bertz CT molecular complexity index is 8.49. The van der Waals surface area contributed by atoms with E-state index in [-0.39, 0.29) is 70.2 Å². The van der Waals surface area contributed by atoms with Crippen molar-refractivity contribution in [2.75, 3.05) is 0 Å². The van der Waals surface area contributed by atoms with Gasteiger partial charge in [-0.25, -0.2) is 0 Å². The third-order valence-electron chi connectivity index (χ3n) is 0. The Morgan fingerprint density at radius 2 is 0.500 bits per heavy atom. The molecule has 2 heteroatoms. The van der Waals surface area contributed by atoms with E-state index in [1.807, 2.05) is 0 Å². The van der Waals surface area contributed by atoms with Crippen molar-refractivity contribution in [2.45, 2.75) is 7.43 Å². The summed E-state index contributed by atoms with van der Waals surface area (Å²) < 4.78 is 0. The van der Waals surface area contributed by atoms with E-state index in [0.29, 0.717) is 0 Å². The minimum absolute atomic E-state index is 0. The van der Waals surface area contributed by atoms with Crippen molar-refractivity contribution >= 4 is 0 Å². The summed E-state index contributed by atoms with van der Waals surface area (Å²) in [7, 11) is 0. The summed E-state index contributed by atoms with van der Waals surface area (Å²) in [6, 6.07) is 0. The zero-order valence-corrected chi connectivity index (χ0v) is 7.67. The molecule has 0 unspecified atom stereocenters. The van der Waals surface area contributed by atoms with Crippen LogP contribution in [-0.4, -0.2) is 0 Å². The van der Waals surface area contributed by atoms with Crippen LogP contribution in [-0.2, 0) is 19.5 Å². The number of rotatable bonds is 0. The summed E-state index contributed by atoms with van der Waals surface area (Å²) >= 11 is 0. The average Bonchev–Trinajstić information content (AvgIpc) is 0. The van der Waals surface area contributed by atoms with Crippen molar-refractivity contribution in [1.82, 2.24) is 0 Å². The fourth-order valence-electron chi connectivity index (χ4n) is 0. The zero-order chi connectivity index (χ0) is 0. The standard InChI is InChI=1S/CH4.5CH3.H2N.Ru/h1H4;5*1H3;1H2;/q;6*-1;+6. The summed E-state index contributed by atoms with van der Waals surface area (Å²) in [5.41, 5.74) is 0. The SMILES string of the molecule is C.[CH3-].[CH3-].[CH3-].[CH3-].[CH3-].[NH2-].[Ru+6]. The molecule has 0 atom stereocenters. The molecule has 0 heterocycles. The number of hydrogen-bond donors (Lipinski definition) is 0. The molecule has 0 aromatic heterocycles. The summed E-state index contributed by atoms with van der Waals surface area (Å²) in [6.45, 7) is 0. The number of nitrogens with two attached hydrogens (primary N) is 1. The zero-order valence-electron chi connectivity index (χ0n) is 5.93. The first-order valence-corrected chi connectivity index (χ1v) is 0. The largest absolute Gasteiger partial charge is 6.00 e. The van der Waals surface area contributed by atoms with Gasteiger partial charge in [0.1, 0.15) is 0 Å². The van der Waals surface area contributed by atoms with E-state index in [1.165, 1.54) is 0 Å². The second-order valence-electron chi connectivity index (χ2n) is 0.